The summed E-state index contributed by atoms with van der Waals surface area (Å²) >= 11 is 12.0. The van der Waals surface area contributed by atoms with E-state index in [4.69, 9.17) is 23.2 Å². The molecule has 3 nitrogen and oxygen atoms in total. The third kappa shape index (κ3) is 2.94. The molecule has 102 valence electrons. The largest absolute Gasteiger partial charge is 0.310 e. The van der Waals surface area contributed by atoms with Crippen molar-refractivity contribution >= 4 is 23.2 Å². The Morgan fingerprint density at radius 1 is 1.32 bits per heavy atom. The van der Waals surface area contributed by atoms with Gasteiger partial charge in [-0.2, -0.15) is 5.10 Å². The van der Waals surface area contributed by atoms with Crippen molar-refractivity contribution in [2.24, 2.45) is 0 Å². The Morgan fingerprint density at radius 2 is 2.05 bits per heavy atom. The number of hydrogen-bond donors (Lipinski definition) is 1. The molecule has 0 amide bonds. The van der Waals surface area contributed by atoms with Gasteiger partial charge in [0, 0.05) is 17.3 Å². The molecule has 0 radical (unpaired) electrons. The van der Waals surface area contributed by atoms with Gasteiger partial charge in [-0.1, -0.05) is 30.1 Å². The Bertz CT molecular complexity index is 578. The average molecular weight is 298 g/mol. The van der Waals surface area contributed by atoms with E-state index >= 15 is 0 Å². The van der Waals surface area contributed by atoms with Gasteiger partial charge in [-0.15, -0.1) is 0 Å². The quantitative estimate of drug-likeness (QED) is 0.918. The average Bonchev–Trinajstić information content (AvgIpc) is 2.75. The summed E-state index contributed by atoms with van der Waals surface area (Å²) in [5, 5.41) is 8.91. The van der Waals surface area contributed by atoms with Crippen LogP contribution in [0.5, 0.6) is 0 Å². The molecule has 0 fully saturated rings. The summed E-state index contributed by atoms with van der Waals surface area (Å²) < 4.78 is 1.88. The first-order chi connectivity index (χ1) is 9.04. The molecule has 0 bridgehead atoms. The van der Waals surface area contributed by atoms with Crippen molar-refractivity contribution < 1.29 is 0 Å². The molecular weight excluding hydrogens is 281 g/mol. The summed E-state index contributed by atoms with van der Waals surface area (Å²) in [4.78, 5) is 0. The number of hydrogen-bond acceptors (Lipinski definition) is 2. The first-order valence-electron chi connectivity index (χ1n) is 6.28. The summed E-state index contributed by atoms with van der Waals surface area (Å²) in [7, 11) is 0. The number of nitrogens with one attached hydrogen (secondary N) is 1. The van der Waals surface area contributed by atoms with Crippen LogP contribution in [-0.4, -0.2) is 16.3 Å². The number of aromatic nitrogens is 2. The topological polar surface area (TPSA) is 29.9 Å². The molecule has 5 heteroatoms. The second kappa shape index (κ2) is 5.95. The molecule has 0 saturated heterocycles. The van der Waals surface area contributed by atoms with E-state index in [-0.39, 0.29) is 6.04 Å². The molecule has 1 heterocycles. The van der Waals surface area contributed by atoms with E-state index in [9.17, 15) is 0 Å². The van der Waals surface area contributed by atoms with Crippen LogP contribution in [0.1, 0.15) is 31.1 Å². The summed E-state index contributed by atoms with van der Waals surface area (Å²) in [6.45, 7) is 7.21. The van der Waals surface area contributed by atoms with Crippen LogP contribution in [-0.2, 0) is 0 Å². The lowest BCUT2D eigenvalue weighted by Crippen LogP contribution is -2.18. The van der Waals surface area contributed by atoms with Gasteiger partial charge in [-0.3, -0.25) is 0 Å². The van der Waals surface area contributed by atoms with Crippen LogP contribution in [0.4, 0.5) is 0 Å². The Morgan fingerprint density at radius 3 is 2.68 bits per heavy atom. The fraction of sp³-hybridized carbons (Fsp3) is 0.357. The highest BCUT2D eigenvalue weighted by Gasteiger charge is 2.13. The molecule has 1 aromatic heterocycles. The van der Waals surface area contributed by atoms with Crippen molar-refractivity contribution in [1.29, 1.82) is 0 Å². The Labute approximate surface area is 123 Å². The van der Waals surface area contributed by atoms with Crippen LogP contribution in [0, 0.1) is 6.92 Å². The summed E-state index contributed by atoms with van der Waals surface area (Å²) in [5.41, 5.74) is 3.21. The molecule has 0 saturated carbocycles. The zero-order valence-electron chi connectivity index (χ0n) is 11.2. The minimum absolute atomic E-state index is 0.279. The molecule has 1 N–H and O–H groups in total. The van der Waals surface area contributed by atoms with Crippen molar-refractivity contribution in [3.63, 3.8) is 0 Å². The maximum absolute atomic E-state index is 6.05. The molecular formula is C14H17Cl2N3. The second-order valence-corrected chi connectivity index (χ2v) is 5.29. The maximum atomic E-state index is 6.05. The van der Waals surface area contributed by atoms with Gasteiger partial charge in [-0.25, -0.2) is 4.68 Å². The van der Waals surface area contributed by atoms with Crippen molar-refractivity contribution in [2.45, 2.75) is 26.8 Å². The van der Waals surface area contributed by atoms with Gasteiger partial charge in [0.2, 0.25) is 0 Å². The standard InChI is InChI=1S/C14H17Cl2N3/c1-4-17-9(2)12-8-18-19(10(12)3)11-5-6-13(15)14(16)7-11/h5-9,17H,4H2,1-3H3. The Balaban J connectivity index is 2.38. The Kier molecular flexibility index (Phi) is 4.50. The highest BCUT2D eigenvalue weighted by atomic mass is 35.5. The van der Waals surface area contributed by atoms with E-state index in [2.05, 4.69) is 31.2 Å². The van der Waals surface area contributed by atoms with E-state index in [1.807, 2.05) is 23.0 Å². The highest BCUT2D eigenvalue weighted by Crippen LogP contribution is 2.26. The molecule has 1 atom stereocenters. The van der Waals surface area contributed by atoms with Gasteiger partial charge in [0.25, 0.3) is 0 Å². The third-order valence-corrected chi connectivity index (χ3v) is 3.91. The van der Waals surface area contributed by atoms with Gasteiger partial charge < -0.3 is 5.32 Å². The zero-order chi connectivity index (χ0) is 14.0. The van der Waals surface area contributed by atoms with Crippen LogP contribution in [0.15, 0.2) is 24.4 Å². The van der Waals surface area contributed by atoms with Gasteiger partial charge in [0.15, 0.2) is 0 Å². The maximum Gasteiger partial charge on any atom is 0.0664 e. The van der Waals surface area contributed by atoms with Gasteiger partial charge in [0.1, 0.15) is 0 Å². The lowest BCUT2D eigenvalue weighted by molar-refractivity contribution is 0.594. The highest BCUT2D eigenvalue weighted by molar-refractivity contribution is 6.42. The molecule has 0 aliphatic heterocycles. The van der Waals surface area contributed by atoms with E-state index in [0.717, 1.165) is 17.9 Å². The zero-order valence-corrected chi connectivity index (χ0v) is 12.8. The normalized spacial score (nSPS) is 12.7. The monoisotopic (exact) mass is 297 g/mol. The predicted molar refractivity (Wildman–Crippen MR) is 80.4 cm³/mol. The first-order valence-corrected chi connectivity index (χ1v) is 7.03. The van der Waals surface area contributed by atoms with Crippen molar-refractivity contribution in [3.8, 4) is 5.69 Å². The molecule has 0 aliphatic carbocycles. The lowest BCUT2D eigenvalue weighted by Gasteiger charge is -2.12. The summed E-state index contributed by atoms with van der Waals surface area (Å²) in [6.07, 6.45) is 1.89. The molecule has 2 aromatic rings. The van der Waals surface area contributed by atoms with E-state index in [0.29, 0.717) is 10.0 Å². The molecule has 0 aliphatic rings. The summed E-state index contributed by atoms with van der Waals surface area (Å²) in [6, 6.07) is 5.80. The van der Waals surface area contributed by atoms with E-state index < -0.39 is 0 Å². The van der Waals surface area contributed by atoms with Crippen LogP contribution in [0.3, 0.4) is 0 Å². The molecule has 2 rings (SSSR count). The minimum atomic E-state index is 0.279. The van der Waals surface area contributed by atoms with E-state index in [1.165, 1.54) is 5.56 Å². The van der Waals surface area contributed by atoms with Crippen LogP contribution in [0.2, 0.25) is 10.0 Å². The predicted octanol–water partition coefficient (Wildman–Crippen LogP) is 4.16. The van der Waals surface area contributed by atoms with E-state index in [1.54, 1.807) is 6.07 Å². The number of halogens is 2. The molecule has 0 spiro atoms. The Hall–Kier alpha value is -1.03. The molecule has 1 unspecified atom stereocenters. The van der Waals surface area contributed by atoms with Crippen molar-refractivity contribution in [3.05, 3.63) is 45.7 Å². The van der Waals surface area contributed by atoms with Gasteiger partial charge >= 0.3 is 0 Å². The van der Waals surface area contributed by atoms with Crippen LogP contribution in [0.25, 0.3) is 5.69 Å². The summed E-state index contributed by atoms with van der Waals surface area (Å²) in [5.74, 6) is 0. The van der Waals surface area contributed by atoms with Crippen molar-refractivity contribution in [2.75, 3.05) is 6.54 Å². The van der Waals surface area contributed by atoms with Gasteiger partial charge in [0.05, 0.1) is 21.9 Å². The number of benzene rings is 1. The SMILES string of the molecule is CCNC(C)c1cnn(-c2ccc(Cl)c(Cl)c2)c1C. The smallest absolute Gasteiger partial charge is 0.0664 e. The number of rotatable bonds is 4. The van der Waals surface area contributed by atoms with Crippen LogP contribution < -0.4 is 5.32 Å². The fourth-order valence-corrected chi connectivity index (χ4v) is 2.43. The fourth-order valence-electron chi connectivity index (χ4n) is 2.14. The minimum Gasteiger partial charge on any atom is -0.310 e. The third-order valence-electron chi connectivity index (χ3n) is 3.17. The van der Waals surface area contributed by atoms with Crippen LogP contribution >= 0.6 is 23.2 Å². The van der Waals surface area contributed by atoms with Crippen molar-refractivity contribution in [1.82, 2.24) is 15.1 Å². The lowest BCUT2D eigenvalue weighted by atomic mass is 10.1. The number of nitrogens with zero attached hydrogens (tertiary/aromatic N) is 2. The second-order valence-electron chi connectivity index (χ2n) is 4.47. The first kappa shape index (κ1) is 14.4. The van der Waals surface area contributed by atoms with Gasteiger partial charge in [-0.05, 0) is 38.6 Å². The molecule has 1 aromatic carbocycles. The molecule has 19 heavy (non-hydrogen) atoms.